The summed E-state index contributed by atoms with van der Waals surface area (Å²) >= 11 is 0. The predicted octanol–water partition coefficient (Wildman–Crippen LogP) is 2.24. The third-order valence-corrected chi connectivity index (χ3v) is 4.74. The van der Waals surface area contributed by atoms with Gasteiger partial charge >= 0.3 is 0 Å². The molecule has 1 saturated heterocycles. The summed E-state index contributed by atoms with van der Waals surface area (Å²) < 4.78 is 1.73. The van der Waals surface area contributed by atoms with E-state index in [9.17, 15) is 4.79 Å². The zero-order chi connectivity index (χ0) is 18.8. The van der Waals surface area contributed by atoms with E-state index < -0.39 is 0 Å². The lowest BCUT2D eigenvalue weighted by molar-refractivity contribution is 0.0746. The van der Waals surface area contributed by atoms with Crippen LogP contribution in [0.15, 0.2) is 48.8 Å². The van der Waals surface area contributed by atoms with E-state index in [4.69, 9.17) is 0 Å². The van der Waals surface area contributed by atoms with Gasteiger partial charge in [0.05, 0.1) is 0 Å². The first-order valence-corrected chi connectivity index (χ1v) is 9.07. The van der Waals surface area contributed by atoms with E-state index in [0.717, 1.165) is 35.9 Å². The monoisotopic (exact) mass is 362 g/mol. The van der Waals surface area contributed by atoms with E-state index >= 15 is 0 Å². The van der Waals surface area contributed by atoms with E-state index in [1.165, 1.54) is 0 Å². The Kier molecular flexibility index (Phi) is 4.58. The number of carbonyl (C=O) groups is 1. The minimum atomic E-state index is 0.0887. The molecule has 2 aromatic heterocycles. The fraction of sp³-hybridized carbons (Fsp3) is 0.300. The molecule has 0 atom stereocenters. The van der Waals surface area contributed by atoms with Crippen molar-refractivity contribution in [3.63, 3.8) is 0 Å². The number of anilines is 1. The molecule has 1 aromatic carbocycles. The molecule has 1 amide bonds. The molecule has 7 nitrogen and oxygen atoms in total. The van der Waals surface area contributed by atoms with Gasteiger partial charge in [0.1, 0.15) is 11.6 Å². The summed E-state index contributed by atoms with van der Waals surface area (Å²) in [5.41, 5.74) is 1.90. The van der Waals surface area contributed by atoms with Crippen LogP contribution >= 0.6 is 0 Å². The molecule has 1 fully saturated rings. The highest BCUT2D eigenvalue weighted by Crippen LogP contribution is 2.18. The number of piperazine rings is 1. The van der Waals surface area contributed by atoms with Crippen LogP contribution in [-0.2, 0) is 0 Å². The topological polar surface area (TPSA) is 67.2 Å². The van der Waals surface area contributed by atoms with Crippen molar-refractivity contribution in [2.45, 2.75) is 13.8 Å². The smallest absolute Gasteiger partial charge is 0.253 e. The standard InChI is InChI=1S/C20H22N6O/c1-15-4-6-17(7-5-15)20(27)25-12-10-24(11-13-25)18-14-19(23-16(2)22-18)26-9-3-8-21-26/h3-9,14H,10-13H2,1-2H3. The lowest BCUT2D eigenvalue weighted by Crippen LogP contribution is -2.49. The number of rotatable bonds is 3. The molecule has 138 valence electrons. The minimum absolute atomic E-state index is 0.0887. The Morgan fingerprint density at radius 3 is 2.33 bits per heavy atom. The molecule has 4 rings (SSSR count). The Bertz CT molecular complexity index is 928. The summed E-state index contributed by atoms with van der Waals surface area (Å²) in [6.45, 7) is 6.74. The molecule has 0 N–H and O–H groups in total. The van der Waals surface area contributed by atoms with Crippen LogP contribution in [-0.4, -0.2) is 56.7 Å². The minimum Gasteiger partial charge on any atom is -0.353 e. The van der Waals surface area contributed by atoms with E-state index in [1.807, 2.05) is 61.3 Å². The van der Waals surface area contributed by atoms with Crippen LogP contribution in [0.3, 0.4) is 0 Å². The van der Waals surface area contributed by atoms with Crippen molar-refractivity contribution in [1.29, 1.82) is 0 Å². The van der Waals surface area contributed by atoms with Crippen molar-refractivity contribution in [1.82, 2.24) is 24.6 Å². The molecule has 0 spiro atoms. The predicted molar refractivity (Wildman–Crippen MR) is 103 cm³/mol. The second-order valence-corrected chi connectivity index (χ2v) is 6.73. The highest BCUT2D eigenvalue weighted by Gasteiger charge is 2.23. The molecule has 0 bridgehead atoms. The van der Waals surface area contributed by atoms with Gasteiger partial charge in [0.25, 0.3) is 5.91 Å². The van der Waals surface area contributed by atoms with Gasteiger partial charge < -0.3 is 9.80 Å². The number of nitrogens with zero attached hydrogens (tertiary/aromatic N) is 6. The molecule has 1 aliphatic rings. The molecule has 0 unspecified atom stereocenters. The number of hydrogen-bond acceptors (Lipinski definition) is 5. The number of aromatic nitrogens is 4. The fourth-order valence-electron chi connectivity index (χ4n) is 3.24. The molecule has 3 aromatic rings. The van der Waals surface area contributed by atoms with Crippen molar-refractivity contribution in [3.8, 4) is 5.82 Å². The van der Waals surface area contributed by atoms with E-state index in [-0.39, 0.29) is 5.91 Å². The Morgan fingerprint density at radius 1 is 0.963 bits per heavy atom. The maximum atomic E-state index is 12.7. The van der Waals surface area contributed by atoms with Gasteiger partial charge in [-0.15, -0.1) is 0 Å². The van der Waals surface area contributed by atoms with Crippen LogP contribution < -0.4 is 4.90 Å². The van der Waals surface area contributed by atoms with Gasteiger partial charge in [0.2, 0.25) is 0 Å². The summed E-state index contributed by atoms with van der Waals surface area (Å²) in [7, 11) is 0. The molecule has 0 aliphatic carbocycles. The molecular weight excluding hydrogens is 340 g/mol. The molecule has 7 heteroatoms. The zero-order valence-electron chi connectivity index (χ0n) is 15.5. The lowest BCUT2D eigenvalue weighted by Gasteiger charge is -2.35. The Balaban J connectivity index is 1.46. The van der Waals surface area contributed by atoms with Crippen LogP contribution in [0.4, 0.5) is 5.82 Å². The van der Waals surface area contributed by atoms with Crippen LogP contribution in [0.25, 0.3) is 5.82 Å². The summed E-state index contributed by atoms with van der Waals surface area (Å²) in [4.78, 5) is 25.8. The van der Waals surface area contributed by atoms with E-state index in [0.29, 0.717) is 18.9 Å². The number of aryl methyl sites for hydroxylation is 2. The SMILES string of the molecule is Cc1ccc(C(=O)N2CCN(c3cc(-n4cccn4)nc(C)n3)CC2)cc1. The number of carbonyl (C=O) groups excluding carboxylic acids is 1. The fourth-order valence-corrected chi connectivity index (χ4v) is 3.24. The average Bonchev–Trinajstić information content (AvgIpc) is 3.23. The normalized spacial score (nSPS) is 14.4. The van der Waals surface area contributed by atoms with Crippen molar-refractivity contribution >= 4 is 11.7 Å². The van der Waals surface area contributed by atoms with Crippen molar-refractivity contribution < 1.29 is 4.79 Å². The summed E-state index contributed by atoms with van der Waals surface area (Å²) in [5, 5.41) is 4.24. The van der Waals surface area contributed by atoms with Crippen LogP contribution in [0.5, 0.6) is 0 Å². The molecule has 27 heavy (non-hydrogen) atoms. The van der Waals surface area contributed by atoms with Gasteiger partial charge in [-0.1, -0.05) is 17.7 Å². The van der Waals surface area contributed by atoms with Crippen LogP contribution in [0.1, 0.15) is 21.7 Å². The van der Waals surface area contributed by atoms with E-state index in [2.05, 4.69) is 20.0 Å². The second-order valence-electron chi connectivity index (χ2n) is 6.73. The summed E-state index contributed by atoms with van der Waals surface area (Å²) in [5.74, 6) is 2.41. The van der Waals surface area contributed by atoms with Crippen molar-refractivity contribution in [2.75, 3.05) is 31.1 Å². The van der Waals surface area contributed by atoms with Gasteiger partial charge in [-0.25, -0.2) is 14.6 Å². The quantitative estimate of drug-likeness (QED) is 0.715. The van der Waals surface area contributed by atoms with Crippen LogP contribution in [0.2, 0.25) is 0 Å². The summed E-state index contributed by atoms with van der Waals surface area (Å²) in [6.07, 6.45) is 3.59. The van der Waals surface area contributed by atoms with Gasteiger partial charge in [-0.05, 0) is 32.0 Å². The number of benzene rings is 1. The van der Waals surface area contributed by atoms with Gasteiger partial charge in [0, 0.05) is 50.2 Å². The maximum absolute atomic E-state index is 12.7. The zero-order valence-corrected chi connectivity index (χ0v) is 15.5. The molecule has 1 aliphatic heterocycles. The van der Waals surface area contributed by atoms with Gasteiger partial charge in [-0.3, -0.25) is 4.79 Å². The lowest BCUT2D eigenvalue weighted by atomic mass is 10.1. The third-order valence-electron chi connectivity index (χ3n) is 4.74. The first kappa shape index (κ1) is 17.2. The second kappa shape index (κ2) is 7.19. The maximum Gasteiger partial charge on any atom is 0.253 e. The first-order valence-electron chi connectivity index (χ1n) is 9.07. The molecule has 3 heterocycles. The van der Waals surface area contributed by atoms with Crippen LogP contribution in [0, 0.1) is 13.8 Å². The summed E-state index contributed by atoms with van der Waals surface area (Å²) in [6, 6.07) is 11.6. The van der Waals surface area contributed by atoms with Gasteiger partial charge in [0.15, 0.2) is 5.82 Å². The highest BCUT2D eigenvalue weighted by molar-refractivity contribution is 5.94. The molecule has 0 radical (unpaired) electrons. The first-order chi connectivity index (χ1) is 13.1. The Hall–Kier alpha value is -3.22. The Morgan fingerprint density at radius 2 is 1.67 bits per heavy atom. The highest BCUT2D eigenvalue weighted by atomic mass is 16.2. The van der Waals surface area contributed by atoms with Gasteiger partial charge in [-0.2, -0.15) is 5.10 Å². The average molecular weight is 362 g/mol. The largest absolute Gasteiger partial charge is 0.353 e. The molecule has 0 saturated carbocycles. The number of hydrogen-bond donors (Lipinski definition) is 0. The third kappa shape index (κ3) is 3.67. The number of amides is 1. The Labute approximate surface area is 158 Å². The van der Waals surface area contributed by atoms with E-state index in [1.54, 1.807) is 10.9 Å². The van der Waals surface area contributed by atoms with Crippen molar-refractivity contribution in [3.05, 3.63) is 65.7 Å². The van der Waals surface area contributed by atoms with Crippen molar-refractivity contribution in [2.24, 2.45) is 0 Å². The molecular formula is C20H22N6O.